The number of hydrogen-bond acceptors (Lipinski definition) is 3. The van der Waals surface area contributed by atoms with Gasteiger partial charge in [0.15, 0.2) is 0 Å². The number of hydrogen-bond donors (Lipinski definition) is 0. The van der Waals surface area contributed by atoms with Crippen LogP contribution in [0.2, 0.25) is 0 Å². The van der Waals surface area contributed by atoms with Crippen molar-refractivity contribution in [2.24, 2.45) is 0 Å². The van der Waals surface area contributed by atoms with Crippen LogP contribution < -0.4 is 4.74 Å². The Bertz CT molecular complexity index is 495. The summed E-state index contributed by atoms with van der Waals surface area (Å²) in [5, 5.41) is 8.70. The molecule has 1 fully saturated rings. The van der Waals surface area contributed by atoms with E-state index in [1.807, 2.05) is 30.3 Å². The SMILES string of the molecule is COc1ccccc1C1CN(CC#N)C(=O)N1C. The maximum absolute atomic E-state index is 11.9. The first-order valence-electron chi connectivity index (χ1n) is 5.70. The molecule has 0 aromatic heterocycles. The van der Waals surface area contributed by atoms with Crippen LogP contribution in [0.3, 0.4) is 0 Å². The molecule has 94 valence electrons. The Balaban J connectivity index is 2.29. The van der Waals surface area contributed by atoms with Crippen LogP contribution in [0.15, 0.2) is 24.3 Å². The fourth-order valence-corrected chi connectivity index (χ4v) is 2.23. The Morgan fingerprint density at radius 2 is 2.22 bits per heavy atom. The number of rotatable bonds is 3. The molecule has 0 radical (unpaired) electrons. The van der Waals surface area contributed by atoms with Crippen LogP contribution >= 0.6 is 0 Å². The van der Waals surface area contributed by atoms with Gasteiger partial charge in [0.05, 0.1) is 19.2 Å². The van der Waals surface area contributed by atoms with Gasteiger partial charge in [-0.15, -0.1) is 0 Å². The van der Waals surface area contributed by atoms with Crippen LogP contribution in [0, 0.1) is 11.3 Å². The van der Waals surface area contributed by atoms with Crippen LogP contribution in [-0.4, -0.2) is 43.1 Å². The van der Waals surface area contributed by atoms with Gasteiger partial charge in [-0.3, -0.25) is 0 Å². The van der Waals surface area contributed by atoms with E-state index in [4.69, 9.17) is 10.00 Å². The van der Waals surface area contributed by atoms with Gasteiger partial charge in [-0.05, 0) is 6.07 Å². The largest absolute Gasteiger partial charge is 0.496 e. The van der Waals surface area contributed by atoms with E-state index in [9.17, 15) is 4.79 Å². The number of benzene rings is 1. The van der Waals surface area contributed by atoms with E-state index in [2.05, 4.69) is 0 Å². The number of amides is 2. The summed E-state index contributed by atoms with van der Waals surface area (Å²) in [4.78, 5) is 15.1. The fourth-order valence-electron chi connectivity index (χ4n) is 2.23. The first kappa shape index (κ1) is 12.2. The van der Waals surface area contributed by atoms with E-state index in [0.717, 1.165) is 11.3 Å². The van der Waals surface area contributed by atoms with Crippen molar-refractivity contribution < 1.29 is 9.53 Å². The Kier molecular flexibility index (Phi) is 3.38. The predicted molar refractivity (Wildman–Crippen MR) is 66.1 cm³/mol. The van der Waals surface area contributed by atoms with E-state index in [0.29, 0.717) is 6.54 Å². The van der Waals surface area contributed by atoms with E-state index in [1.54, 1.807) is 19.1 Å². The van der Waals surface area contributed by atoms with Crippen molar-refractivity contribution in [3.8, 4) is 11.8 Å². The van der Waals surface area contributed by atoms with Gasteiger partial charge in [0, 0.05) is 19.2 Å². The Morgan fingerprint density at radius 3 is 2.89 bits per heavy atom. The molecule has 0 bridgehead atoms. The van der Waals surface area contributed by atoms with Gasteiger partial charge in [0.2, 0.25) is 0 Å². The van der Waals surface area contributed by atoms with Crippen molar-refractivity contribution in [2.45, 2.75) is 6.04 Å². The number of carbonyl (C=O) groups excluding carboxylic acids is 1. The summed E-state index contributed by atoms with van der Waals surface area (Å²) >= 11 is 0. The number of nitrogens with zero attached hydrogens (tertiary/aromatic N) is 3. The van der Waals surface area contributed by atoms with Crippen molar-refractivity contribution in [2.75, 3.05) is 27.2 Å². The summed E-state index contributed by atoms with van der Waals surface area (Å²) in [6.45, 7) is 0.637. The lowest BCUT2D eigenvalue weighted by Crippen LogP contribution is -2.29. The fraction of sp³-hybridized carbons (Fsp3) is 0.385. The minimum Gasteiger partial charge on any atom is -0.496 e. The Morgan fingerprint density at radius 1 is 1.50 bits per heavy atom. The van der Waals surface area contributed by atoms with E-state index >= 15 is 0 Å². The van der Waals surface area contributed by atoms with Crippen molar-refractivity contribution in [1.29, 1.82) is 5.26 Å². The summed E-state index contributed by atoms with van der Waals surface area (Å²) < 4.78 is 5.32. The molecule has 1 saturated heterocycles. The number of para-hydroxylation sites is 1. The highest BCUT2D eigenvalue weighted by Crippen LogP contribution is 2.33. The highest BCUT2D eigenvalue weighted by Gasteiger charge is 2.36. The molecule has 1 aliphatic heterocycles. The molecule has 18 heavy (non-hydrogen) atoms. The summed E-state index contributed by atoms with van der Waals surface area (Å²) in [6.07, 6.45) is 0. The number of carbonyl (C=O) groups is 1. The van der Waals surface area contributed by atoms with E-state index in [-0.39, 0.29) is 18.6 Å². The van der Waals surface area contributed by atoms with Gasteiger partial charge in [0.25, 0.3) is 0 Å². The molecule has 5 nitrogen and oxygen atoms in total. The lowest BCUT2D eigenvalue weighted by molar-refractivity contribution is 0.198. The summed E-state index contributed by atoms with van der Waals surface area (Å²) in [5.41, 5.74) is 0.969. The molecule has 1 unspecified atom stereocenters. The van der Waals surface area contributed by atoms with Crippen LogP contribution in [0.4, 0.5) is 4.79 Å². The topological polar surface area (TPSA) is 56.6 Å². The summed E-state index contributed by atoms with van der Waals surface area (Å²) in [7, 11) is 3.36. The van der Waals surface area contributed by atoms with E-state index < -0.39 is 0 Å². The third-order valence-electron chi connectivity index (χ3n) is 3.19. The van der Waals surface area contributed by atoms with Gasteiger partial charge in [-0.1, -0.05) is 18.2 Å². The van der Waals surface area contributed by atoms with Gasteiger partial charge in [0.1, 0.15) is 12.3 Å². The van der Waals surface area contributed by atoms with Crippen molar-refractivity contribution in [3.63, 3.8) is 0 Å². The van der Waals surface area contributed by atoms with Gasteiger partial charge < -0.3 is 14.5 Å². The van der Waals surface area contributed by atoms with Gasteiger partial charge >= 0.3 is 6.03 Å². The standard InChI is InChI=1S/C13H15N3O2/c1-15-11(9-16(8-7-14)13(15)17)10-5-3-4-6-12(10)18-2/h3-6,11H,8-9H2,1-2H3. The molecular weight excluding hydrogens is 230 g/mol. The second kappa shape index (κ2) is 4.96. The molecular formula is C13H15N3O2. The monoisotopic (exact) mass is 245 g/mol. The van der Waals surface area contributed by atoms with Crippen molar-refractivity contribution in [3.05, 3.63) is 29.8 Å². The molecule has 0 spiro atoms. The predicted octanol–water partition coefficient (Wildman–Crippen LogP) is 1.63. The van der Waals surface area contributed by atoms with Crippen LogP contribution in [0.1, 0.15) is 11.6 Å². The molecule has 2 rings (SSSR count). The Hall–Kier alpha value is -2.22. The molecule has 1 aliphatic rings. The third-order valence-corrected chi connectivity index (χ3v) is 3.19. The number of nitriles is 1. The second-order valence-corrected chi connectivity index (χ2v) is 4.19. The molecule has 0 aliphatic carbocycles. The molecule has 2 amide bonds. The summed E-state index contributed by atoms with van der Waals surface area (Å²) in [5.74, 6) is 0.765. The first-order valence-corrected chi connectivity index (χ1v) is 5.70. The zero-order valence-corrected chi connectivity index (χ0v) is 10.5. The maximum atomic E-state index is 11.9. The molecule has 0 saturated carbocycles. The zero-order chi connectivity index (χ0) is 13.1. The quantitative estimate of drug-likeness (QED) is 0.760. The third kappa shape index (κ3) is 1.97. The molecule has 1 aromatic rings. The van der Waals surface area contributed by atoms with Crippen LogP contribution in [-0.2, 0) is 0 Å². The normalized spacial score (nSPS) is 18.9. The number of urea groups is 1. The molecule has 1 aromatic carbocycles. The smallest absolute Gasteiger partial charge is 0.321 e. The minimum atomic E-state index is -0.118. The maximum Gasteiger partial charge on any atom is 0.321 e. The zero-order valence-electron chi connectivity index (χ0n) is 10.5. The molecule has 1 atom stereocenters. The number of ether oxygens (including phenoxy) is 1. The van der Waals surface area contributed by atoms with Crippen molar-refractivity contribution in [1.82, 2.24) is 9.80 Å². The second-order valence-electron chi connectivity index (χ2n) is 4.19. The Labute approximate surface area is 106 Å². The lowest BCUT2D eigenvalue weighted by Gasteiger charge is -2.20. The van der Waals surface area contributed by atoms with E-state index in [1.165, 1.54) is 4.90 Å². The highest BCUT2D eigenvalue weighted by molar-refractivity contribution is 5.77. The number of likely N-dealkylation sites (N-methyl/N-ethyl adjacent to an activating group) is 1. The summed E-state index contributed by atoms with van der Waals surface area (Å²) in [6, 6.07) is 9.46. The van der Waals surface area contributed by atoms with Crippen LogP contribution in [0.5, 0.6) is 5.75 Å². The first-order chi connectivity index (χ1) is 8.69. The molecule has 5 heteroatoms. The average molecular weight is 245 g/mol. The average Bonchev–Trinajstić information content (AvgIpc) is 2.67. The molecule has 0 N–H and O–H groups in total. The van der Waals surface area contributed by atoms with Gasteiger partial charge in [-0.25, -0.2) is 4.79 Å². The number of methoxy groups -OCH3 is 1. The highest BCUT2D eigenvalue weighted by atomic mass is 16.5. The van der Waals surface area contributed by atoms with Crippen molar-refractivity contribution >= 4 is 6.03 Å². The molecule has 1 heterocycles. The minimum absolute atomic E-state index is 0.0676. The lowest BCUT2D eigenvalue weighted by atomic mass is 10.1. The van der Waals surface area contributed by atoms with Gasteiger partial charge in [-0.2, -0.15) is 5.26 Å². The van der Waals surface area contributed by atoms with Crippen LogP contribution in [0.25, 0.3) is 0 Å².